The molecule has 17 heavy (non-hydrogen) atoms. The molecule has 1 aromatic rings. The Morgan fingerprint density at radius 3 is 2.53 bits per heavy atom. The highest BCUT2D eigenvalue weighted by atomic mass is 32.2. The minimum atomic E-state index is -3.47. The highest BCUT2D eigenvalue weighted by Gasteiger charge is 2.32. The Kier molecular flexibility index (Phi) is 3.33. The second kappa shape index (κ2) is 4.60. The van der Waals surface area contributed by atoms with Crippen LogP contribution in [-0.2, 0) is 14.8 Å². The van der Waals surface area contributed by atoms with E-state index in [2.05, 4.69) is 0 Å². The molecule has 0 aliphatic carbocycles. The molecule has 92 valence electrons. The van der Waals surface area contributed by atoms with Crippen molar-refractivity contribution >= 4 is 10.0 Å². The third kappa shape index (κ3) is 2.26. The summed E-state index contributed by atoms with van der Waals surface area (Å²) in [5, 5.41) is 0. The number of ether oxygens (including phenoxy) is 1. The molecule has 0 radical (unpaired) electrons. The molecule has 5 heteroatoms. The van der Waals surface area contributed by atoms with E-state index in [9.17, 15) is 8.42 Å². The summed E-state index contributed by atoms with van der Waals surface area (Å²) in [7, 11) is -1.97. The molecule has 0 bridgehead atoms. The van der Waals surface area contributed by atoms with Crippen molar-refractivity contribution in [3.8, 4) is 0 Å². The Bertz CT molecular complexity index is 519. The Labute approximate surface area is 102 Å². The highest BCUT2D eigenvalue weighted by Crippen LogP contribution is 2.22. The quantitative estimate of drug-likeness (QED) is 0.767. The Morgan fingerprint density at radius 1 is 1.29 bits per heavy atom. The van der Waals surface area contributed by atoms with Crippen LogP contribution in [0.15, 0.2) is 41.3 Å². The molecule has 1 unspecified atom stereocenters. The van der Waals surface area contributed by atoms with Gasteiger partial charge in [-0.05, 0) is 25.1 Å². The zero-order valence-corrected chi connectivity index (χ0v) is 10.6. The number of benzene rings is 1. The molecule has 0 spiro atoms. The molecule has 0 amide bonds. The SMILES string of the molecule is COC1C=CCN1S(=O)(=O)c1ccc(C)cc1. The fraction of sp³-hybridized carbons (Fsp3) is 0.333. The Morgan fingerprint density at radius 2 is 1.94 bits per heavy atom. The first kappa shape index (κ1) is 12.3. The molecule has 4 nitrogen and oxygen atoms in total. The van der Waals surface area contributed by atoms with E-state index in [4.69, 9.17) is 4.74 Å². The van der Waals surface area contributed by atoms with Gasteiger partial charge >= 0.3 is 0 Å². The standard InChI is InChI=1S/C12H15NO3S/c1-10-5-7-11(8-6-10)17(14,15)13-9-3-4-12(13)16-2/h3-8,12H,9H2,1-2H3. The fourth-order valence-corrected chi connectivity index (χ4v) is 3.22. The summed E-state index contributed by atoms with van der Waals surface area (Å²) in [5.41, 5.74) is 1.03. The van der Waals surface area contributed by atoms with Crippen LogP contribution in [0.3, 0.4) is 0 Å². The van der Waals surface area contributed by atoms with Gasteiger partial charge in [-0.25, -0.2) is 8.42 Å². The first-order valence-electron chi connectivity index (χ1n) is 5.33. The lowest BCUT2D eigenvalue weighted by Crippen LogP contribution is -2.37. The lowest BCUT2D eigenvalue weighted by atomic mass is 10.2. The Hall–Kier alpha value is -1.17. The number of rotatable bonds is 3. The minimum Gasteiger partial charge on any atom is -0.362 e. The molecule has 2 rings (SSSR count). The number of sulfonamides is 1. The van der Waals surface area contributed by atoms with Crippen LogP contribution in [0.25, 0.3) is 0 Å². The van der Waals surface area contributed by atoms with E-state index in [-0.39, 0.29) is 0 Å². The third-order valence-electron chi connectivity index (χ3n) is 2.74. The summed E-state index contributed by atoms with van der Waals surface area (Å²) in [6, 6.07) is 6.82. The number of methoxy groups -OCH3 is 1. The molecule has 0 saturated carbocycles. The molecule has 0 aromatic heterocycles. The van der Waals surface area contributed by atoms with Crippen molar-refractivity contribution in [3.63, 3.8) is 0 Å². The molecule has 1 aromatic carbocycles. The van der Waals surface area contributed by atoms with E-state index in [1.807, 2.05) is 6.92 Å². The van der Waals surface area contributed by atoms with E-state index < -0.39 is 16.3 Å². The molecule has 1 aliphatic heterocycles. The van der Waals surface area contributed by atoms with Crippen LogP contribution in [0.5, 0.6) is 0 Å². The van der Waals surface area contributed by atoms with Crippen LogP contribution < -0.4 is 0 Å². The van der Waals surface area contributed by atoms with Gasteiger partial charge in [-0.15, -0.1) is 0 Å². The number of hydrogen-bond donors (Lipinski definition) is 0. The summed E-state index contributed by atoms with van der Waals surface area (Å²) in [5.74, 6) is 0. The van der Waals surface area contributed by atoms with Gasteiger partial charge in [0.05, 0.1) is 4.90 Å². The topological polar surface area (TPSA) is 46.6 Å². The lowest BCUT2D eigenvalue weighted by molar-refractivity contribution is 0.0677. The van der Waals surface area contributed by atoms with Crippen molar-refractivity contribution < 1.29 is 13.2 Å². The molecular weight excluding hydrogens is 238 g/mol. The van der Waals surface area contributed by atoms with Crippen LogP contribution in [0.2, 0.25) is 0 Å². The van der Waals surface area contributed by atoms with Crippen LogP contribution in [0.1, 0.15) is 5.56 Å². The van der Waals surface area contributed by atoms with E-state index in [0.717, 1.165) is 5.56 Å². The molecule has 0 N–H and O–H groups in total. The van der Waals surface area contributed by atoms with Crippen molar-refractivity contribution in [1.82, 2.24) is 4.31 Å². The maximum Gasteiger partial charge on any atom is 0.245 e. The fourth-order valence-electron chi connectivity index (χ4n) is 1.76. The van der Waals surface area contributed by atoms with E-state index in [1.54, 1.807) is 36.4 Å². The second-order valence-electron chi connectivity index (χ2n) is 3.94. The molecule has 1 aliphatic rings. The third-order valence-corrected chi connectivity index (χ3v) is 4.58. The summed E-state index contributed by atoms with van der Waals surface area (Å²) in [6.45, 7) is 2.28. The lowest BCUT2D eigenvalue weighted by Gasteiger charge is -2.22. The number of nitrogens with zero attached hydrogens (tertiary/aromatic N) is 1. The van der Waals surface area contributed by atoms with Gasteiger partial charge in [0.1, 0.15) is 6.23 Å². The van der Waals surface area contributed by atoms with E-state index in [0.29, 0.717) is 11.4 Å². The summed E-state index contributed by atoms with van der Waals surface area (Å²) in [4.78, 5) is 0.300. The van der Waals surface area contributed by atoms with Crippen molar-refractivity contribution in [2.24, 2.45) is 0 Å². The van der Waals surface area contributed by atoms with Crippen molar-refractivity contribution in [2.45, 2.75) is 18.0 Å². The van der Waals surface area contributed by atoms with Gasteiger partial charge in [-0.2, -0.15) is 4.31 Å². The zero-order chi connectivity index (χ0) is 12.5. The molecule has 1 heterocycles. The van der Waals surface area contributed by atoms with E-state index >= 15 is 0 Å². The zero-order valence-electron chi connectivity index (χ0n) is 9.83. The predicted molar refractivity (Wildman–Crippen MR) is 65.0 cm³/mol. The number of aryl methyl sites for hydroxylation is 1. The second-order valence-corrected chi connectivity index (χ2v) is 5.83. The van der Waals surface area contributed by atoms with Crippen molar-refractivity contribution in [2.75, 3.05) is 13.7 Å². The summed E-state index contributed by atoms with van der Waals surface area (Å²) < 4.78 is 31.1. The Balaban J connectivity index is 2.34. The monoisotopic (exact) mass is 253 g/mol. The predicted octanol–water partition coefficient (Wildman–Crippen LogP) is 1.53. The average molecular weight is 253 g/mol. The van der Waals surface area contributed by atoms with Crippen LogP contribution in [-0.4, -0.2) is 32.6 Å². The van der Waals surface area contributed by atoms with Crippen LogP contribution >= 0.6 is 0 Å². The van der Waals surface area contributed by atoms with Gasteiger partial charge in [0.25, 0.3) is 0 Å². The van der Waals surface area contributed by atoms with Gasteiger partial charge in [0.2, 0.25) is 10.0 Å². The maximum absolute atomic E-state index is 12.3. The van der Waals surface area contributed by atoms with Gasteiger partial charge < -0.3 is 4.74 Å². The van der Waals surface area contributed by atoms with Crippen molar-refractivity contribution in [3.05, 3.63) is 42.0 Å². The highest BCUT2D eigenvalue weighted by molar-refractivity contribution is 7.89. The average Bonchev–Trinajstić information content (AvgIpc) is 2.78. The van der Waals surface area contributed by atoms with Gasteiger partial charge in [-0.3, -0.25) is 0 Å². The van der Waals surface area contributed by atoms with E-state index in [1.165, 1.54) is 11.4 Å². The molecular formula is C12H15NO3S. The molecule has 0 saturated heterocycles. The van der Waals surface area contributed by atoms with Gasteiger partial charge in [0, 0.05) is 13.7 Å². The maximum atomic E-state index is 12.3. The largest absolute Gasteiger partial charge is 0.362 e. The number of hydrogen-bond acceptors (Lipinski definition) is 3. The first-order chi connectivity index (χ1) is 8.05. The summed E-state index contributed by atoms with van der Waals surface area (Å²) >= 11 is 0. The summed E-state index contributed by atoms with van der Waals surface area (Å²) in [6.07, 6.45) is 3.03. The molecule has 1 atom stereocenters. The molecule has 0 fully saturated rings. The normalized spacial score (nSPS) is 20.9. The van der Waals surface area contributed by atoms with Crippen LogP contribution in [0, 0.1) is 6.92 Å². The van der Waals surface area contributed by atoms with Crippen molar-refractivity contribution in [1.29, 1.82) is 0 Å². The first-order valence-corrected chi connectivity index (χ1v) is 6.77. The minimum absolute atomic E-state index is 0.300. The smallest absolute Gasteiger partial charge is 0.245 e. The van der Waals surface area contributed by atoms with Crippen LogP contribution in [0.4, 0.5) is 0 Å². The van der Waals surface area contributed by atoms with Gasteiger partial charge in [-0.1, -0.05) is 23.8 Å². The van der Waals surface area contributed by atoms with Gasteiger partial charge in [0.15, 0.2) is 0 Å².